The smallest absolute Gasteiger partial charge is 0.410 e. The van der Waals surface area contributed by atoms with E-state index in [1.165, 1.54) is 4.90 Å². The van der Waals surface area contributed by atoms with Gasteiger partial charge in [0.2, 0.25) is 0 Å². The normalized spacial score (nSPS) is 12.4. The van der Waals surface area contributed by atoms with E-state index in [2.05, 4.69) is 5.32 Å². The molecule has 0 aromatic rings. The minimum absolute atomic E-state index is 0.227. The summed E-state index contributed by atoms with van der Waals surface area (Å²) in [6.07, 6.45) is -0.559. The van der Waals surface area contributed by atoms with Gasteiger partial charge < -0.3 is 9.64 Å². The molecule has 60 valence electrons. The summed E-state index contributed by atoms with van der Waals surface area (Å²) in [5, 5.41) is 2.78. The van der Waals surface area contributed by atoms with Crippen LogP contribution in [0.4, 0.5) is 4.79 Å². The van der Waals surface area contributed by atoms with Gasteiger partial charge in [0, 0.05) is 14.1 Å². The van der Waals surface area contributed by atoms with Crippen LogP contribution in [0.2, 0.25) is 0 Å². The first-order valence-corrected chi connectivity index (χ1v) is 3.13. The van der Waals surface area contributed by atoms with Crippen LogP contribution in [-0.4, -0.2) is 38.4 Å². The molecule has 0 aliphatic carbocycles. The van der Waals surface area contributed by atoms with Crippen molar-refractivity contribution in [3.63, 3.8) is 0 Å². The molecule has 0 aromatic heterocycles. The molecular weight excluding hydrogens is 132 g/mol. The van der Waals surface area contributed by atoms with E-state index in [-0.39, 0.29) is 12.3 Å². The number of nitrogens with zero attached hydrogens (tertiary/aromatic N) is 1. The van der Waals surface area contributed by atoms with Gasteiger partial charge >= 0.3 is 6.09 Å². The van der Waals surface area contributed by atoms with Gasteiger partial charge in [0.05, 0.1) is 0 Å². The Morgan fingerprint density at radius 3 is 2.40 bits per heavy atom. The van der Waals surface area contributed by atoms with Crippen LogP contribution in [0.15, 0.2) is 0 Å². The van der Waals surface area contributed by atoms with Gasteiger partial charge in [-0.2, -0.15) is 0 Å². The Hall–Kier alpha value is -0.770. The Balaban J connectivity index is 3.57. The molecular formula is C6H14N2O2. The Labute approximate surface area is 61.1 Å². The standard InChI is InChI=1S/C6H14N2O2/c1-5(7-2)10-6(9)8(3)4/h5,7H,1-4H3. The minimum Gasteiger partial charge on any atom is -0.431 e. The number of amides is 1. The van der Waals surface area contributed by atoms with E-state index in [9.17, 15) is 4.79 Å². The van der Waals surface area contributed by atoms with Crippen molar-refractivity contribution in [2.24, 2.45) is 0 Å². The Bertz CT molecular complexity index is 114. The van der Waals surface area contributed by atoms with Crippen LogP contribution in [0.5, 0.6) is 0 Å². The van der Waals surface area contributed by atoms with Crippen molar-refractivity contribution < 1.29 is 9.53 Å². The van der Waals surface area contributed by atoms with Gasteiger partial charge in [-0.1, -0.05) is 0 Å². The molecule has 1 atom stereocenters. The second-order valence-electron chi connectivity index (χ2n) is 2.21. The largest absolute Gasteiger partial charge is 0.431 e. The van der Waals surface area contributed by atoms with E-state index in [1.807, 2.05) is 0 Å². The molecule has 0 spiro atoms. The molecule has 0 heterocycles. The summed E-state index contributed by atoms with van der Waals surface area (Å²) in [6.45, 7) is 1.77. The fraction of sp³-hybridized carbons (Fsp3) is 0.833. The zero-order chi connectivity index (χ0) is 8.15. The summed E-state index contributed by atoms with van der Waals surface area (Å²) in [5.74, 6) is 0. The molecule has 0 fully saturated rings. The molecule has 0 saturated heterocycles. The SMILES string of the molecule is CNC(C)OC(=O)N(C)C. The van der Waals surface area contributed by atoms with Crippen LogP contribution in [0, 0.1) is 0 Å². The number of hydrogen-bond acceptors (Lipinski definition) is 3. The quantitative estimate of drug-likeness (QED) is 0.568. The Morgan fingerprint density at radius 1 is 1.60 bits per heavy atom. The fourth-order valence-electron chi connectivity index (χ4n) is 0.316. The van der Waals surface area contributed by atoms with Crippen molar-refractivity contribution in [1.29, 1.82) is 0 Å². The Morgan fingerprint density at radius 2 is 2.10 bits per heavy atom. The van der Waals surface area contributed by atoms with Gasteiger partial charge in [0.1, 0.15) is 0 Å². The summed E-state index contributed by atoms with van der Waals surface area (Å²) in [5.41, 5.74) is 0. The van der Waals surface area contributed by atoms with Gasteiger partial charge in [-0.3, -0.25) is 5.32 Å². The van der Waals surface area contributed by atoms with Crippen molar-refractivity contribution >= 4 is 6.09 Å². The Kier molecular flexibility index (Phi) is 3.79. The summed E-state index contributed by atoms with van der Waals surface area (Å²) in [7, 11) is 5.02. The van der Waals surface area contributed by atoms with Crippen LogP contribution in [0.1, 0.15) is 6.92 Å². The molecule has 1 amide bonds. The number of carbonyl (C=O) groups is 1. The molecule has 1 N–H and O–H groups in total. The van der Waals surface area contributed by atoms with Crippen LogP contribution in [-0.2, 0) is 4.74 Å². The average Bonchev–Trinajstić information content (AvgIpc) is 1.87. The first-order valence-electron chi connectivity index (χ1n) is 3.13. The average molecular weight is 146 g/mol. The summed E-state index contributed by atoms with van der Waals surface area (Å²) in [4.78, 5) is 12.2. The van der Waals surface area contributed by atoms with Gasteiger partial charge in [0.25, 0.3) is 0 Å². The highest BCUT2D eigenvalue weighted by atomic mass is 16.6. The van der Waals surface area contributed by atoms with Gasteiger partial charge in [0.15, 0.2) is 6.23 Å². The highest BCUT2D eigenvalue weighted by Gasteiger charge is 2.07. The van der Waals surface area contributed by atoms with Crippen molar-refractivity contribution in [3.05, 3.63) is 0 Å². The van der Waals surface area contributed by atoms with E-state index in [1.54, 1.807) is 28.1 Å². The first-order chi connectivity index (χ1) is 4.57. The monoisotopic (exact) mass is 146 g/mol. The number of ether oxygens (including phenoxy) is 1. The van der Waals surface area contributed by atoms with Gasteiger partial charge in [-0.25, -0.2) is 4.79 Å². The molecule has 10 heavy (non-hydrogen) atoms. The highest BCUT2D eigenvalue weighted by molar-refractivity contribution is 5.66. The summed E-state index contributed by atoms with van der Waals surface area (Å²) < 4.78 is 4.84. The number of nitrogens with one attached hydrogen (secondary N) is 1. The lowest BCUT2D eigenvalue weighted by Crippen LogP contribution is -2.33. The van der Waals surface area contributed by atoms with Crippen molar-refractivity contribution in [2.75, 3.05) is 21.1 Å². The number of hydrogen-bond donors (Lipinski definition) is 1. The second-order valence-corrected chi connectivity index (χ2v) is 2.21. The third-order valence-corrected chi connectivity index (χ3v) is 1.05. The number of carbonyl (C=O) groups excluding carboxylic acids is 1. The molecule has 0 aromatic carbocycles. The van der Waals surface area contributed by atoms with Gasteiger partial charge in [-0.05, 0) is 14.0 Å². The molecule has 0 bridgehead atoms. The predicted molar refractivity (Wildman–Crippen MR) is 38.7 cm³/mol. The van der Waals surface area contributed by atoms with Crippen LogP contribution in [0.3, 0.4) is 0 Å². The maximum Gasteiger partial charge on any atom is 0.410 e. The van der Waals surface area contributed by atoms with Gasteiger partial charge in [-0.15, -0.1) is 0 Å². The maximum absolute atomic E-state index is 10.8. The highest BCUT2D eigenvalue weighted by Crippen LogP contribution is 1.89. The minimum atomic E-state index is -0.332. The number of rotatable bonds is 2. The van der Waals surface area contributed by atoms with Crippen molar-refractivity contribution in [1.82, 2.24) is 10.2 Å². The lowest BCUT2D eigenvalue weighted by atomic mass is 10.6. The molecule has 0 rings (SSSR count). The summed E-state index contributed by atoms with van der Waals surface area (Å²) in [6, 6.07) is 0. The van der Waals surface area contributed by atoms with E-state index >= 15 is 0 Å². The third-order valence-electron chi connectivity index (χ3n) is 1.05. The lowest BCUT2D eigenvalue weighted by Gasteiger charge is -2.15. The zero-order valence-corrected chi connectivity index (χ0v) is 6.84. The predicted octanol–water partition coefficient (Wildman–Crippen LogP) is 0.250. The topological polar surface area (TPSA) is 41.6 Å². The summed E-state index contributed by atoms with van der Waals surface area (Å²) >= 11 is 0. The van der Waals surface area contributed by atoms with E-state index in [0.29, 0.717) is 0 Å². The molecule has 0 aliphatic heterocycles. The molecule has 0 radical (unpaired) electrons. The third kappa shape index (κ3) is 3.29. The lowest BCUT2D eigenvalue weighted by molar-refractivity contribution is 0.0709. The fourth-order valence-corrected chi connectivity index (χ4v) is 0.316. The van der Waals surface area contributed by atoms with Crippen LogP contribution in [0.25, 0.3) is 0 Å². The molecule has 4 nitrogen and oxygen atoms in total. The van der Waals surface area contributed by atoms with Crippen molar-refractivity contribution in [3.8, 4) is 0 Å². The molecule has 0 aliphatic rings. The van der Waals surface area contributed by atoms with Crippen molar-refractivity contribution in [2.45, 2.75) is 13.2 Å². The second kappa shape index (κ2) is 4.11. The molecule has 1 unspecified atom stereocenters. The molecule has 0 saturated carbocycles. The van der Waals surface area contributed by atoms with E-state index in [0.717, 1.165) is 0 Å². The first kappa shape index (κ1) is 9.23. The zero-order valence-electron chi connectivity index (χ0n) is 6.84. The van der Waals surface area contributed by atoms with Crippen LogP contribution >= 0.6 is 0 Å². The van der Waals surface area contributed by atoms with E-state index in [4.69, 9.17) is 4.74 Å². The molecule has 4 heteroatoms. The van der Waals surface area contributed by atoms with Crippen LogP contribution < -0.4 is 5.32 Å². The van der Waals surface area contributed by atoms with E-state index < -0.39 is 0 Å². The maximum atomic E-state index is 10.8.